The third kappa shape index (κ3) is 5.71. The first-order valence-corrected chi connectivity index (χ1v) is 10.3. The van der Waals surface area contributed by atoms with E-state index in [1.54, 1.807) is 12.1 Å². The van der Waals surface area contributed by atoms with Gasteiger partial charge in [0.15, 0.2) is 0 Å². The van der Waals surface area contributed by atoms with Crippen LogP contribution in [0.1, 0.15) is 41.3 Å². The molecule has 0 aromatic heterocycles. The number of rotatable bonds is 8. The number of carbonyl (C=O) groups is 1. The number of aliphatic hydroxyl groups is 1. The van der Waals surface area contributed by atoms with Crippen molar-refractivity contribution in [2.75, 3.05) is 44.7 Å². The Morgan fingerprint density at radius 1 is 1.07 bits per heavy atom. The van der Waals surface area contributed by atoms with Gasteiger partial charge in [-0.1, -0.05) is 24.3 Å². The molecule has 1 fully saturated rings. The van der Waals surface area contributed by atoms with E-state index in [2.05, 4.69) is 39.4 Å². The number of nitrogens with zero attached hydrogens (tertiary/aromatic N) is 2. The van der Waals surface area contributed by atoms with Crippen molar-refractivity contribution in [3.05, 3.63) is 59.7 Å². The molecule has 0 radical (unpaired) electrons. The highest BCUT2D eigenvalue weighted by Crippen LogP contribution is 2.25. The number of anilines is 1. The molecule has 1 amide bonds. The molecular weight excluding hydrogens is 366 g/mol. The van der Waals surface area contributed by atoms with Gasteiger partial charge in [0.1, 0.15) is 5.75 Å². The first-order chi connectivity index (χ1) is 14.1. The SMILES string of the molecule is CNC(=O)c1cc(C(O)CCCCN2CCN(c3ccccc3)CC2)ccc1O. The number of phenols is 1. The monoisotopic (exact) mass is 397 g/mol. The fourth-order valence-electron chi connectivity index (χ4n) is 3.79. The minimum absolute atomic E-state index is 0.0741. The first-order valence-electron chi connectivity index (χ1n) is 10.3. The molecule has 3 N–H and O–H groups in total. The Balaban J connectivity index is 1.39. The number of aromatic hydroxyl groups is 1. The minimum atomic E-state index is -0.631. The molecule has 1 aliphatic heterocycles. The van der Waals surface area contributed by atoms with Crippen LogP contribution in [0.4, 0.5) is 5.69 Å². The average molecular weight is 398 g/mol. The quantitative estimate of drug-likeness (QED) is 0.597. The van der Waals surface area contributed by atoms with Gasteiger partial charge in [0.2, 0.25) is 0 Å². The maximum atomic E-state index is 11.8. The summed E-state index contributed by atoms with van der Waals surface area (Å²) in [5, 5.41) is 22.8. The van der Waals surface area contributed by atoms with Crippen LogP contribution in [0.15, 0.2) is 48.5 Å². The second kappa shape index (κ2) is 10.3. The van der Waals surface area contributed by atoms with Gasteiger partial charge in [0, 0.05) is 38.9 Å². The van der Waals surface area contributed by atoms with E-state index in [1.807, 2.05) is 6.07 Å². The van der Waals surface area contributed by atoms with Crippen LogP contribution in [-0.2, 0) is 0 Å². The number of benzene rings is 2. The molecule has 1 heterocycles. The van der Waals surface area contributed by atoms with Crippen molar-refractivity contribution in [1.29, 1.82) is 0 Å². The Labute approximate surface area is 172 Å². The second-order valence-electron chi connectivity index (χ2n) is 7.53. The van der Waals surface area contributed by atoms with E-state index >= 15 is 0 Å². The maximum Gasteiger partial charge on any atom is 0.254 e. The summed E-state index contributed by atoms with van der Waals surface area (Å²) in [6, 6.07) is 15.3. The lowest BCUT2D eigenvalue weighted by molar-refractivity contribution is 0.0960. The number of unbranched alkanes of at least 4 members (excludes halogenated alkanes) is 1. The Kier molecular flexibility index (Phi) is 7.49. The van der Waals surface area contributed by atoms with Crippen LogP contribution in [-0.4, -0.2) is 60.8 Å². The normalized spacial score (nSPS) is 15.9. The zero-order valence-electron chi connectivity index (χ0n) is 17.1. The number of amides is 1. The number of hydrogen-bond donors (Lipinski definition) is 3. The van der Waals surface area contributed by atoms with Gasteiger partial charge in [-0.2, -0.15) is 0 Å². The fraction of sp³-hybridized carbons (Fsp3) is 0.435. The van der Waals surface area contributed by atoms with Gasteiger partial charge in [-0.3, -0.25) is 9.69 Å². The van der Waals surface area contributed by atoms with E-state index in [1.165, 1.54) is 18.8 Å². The largest absolute Gasteiger partial charge is 0.507 e. The Hall–Kier alpha value is -2.57. The van der Waals surface area contributed by atoms with Gasteiger partial charge in [0.05, 0.1) is 11.7 Å². The Bertz CT molecular complexity index is 789. The molecule has 1 atom stereocenters. The van der Waals surface area contributed by atoms with Crippen molar-refractivity contribution in [3.63, 3.8) is 0 Å². The molecule has 0 bridgehead atoms. The lowest BCUT2D eigenvalue weighted by Crippen LogP contribution is -2.46. The minimum Gasteiger partial charge on any atom is -0.507 e. The molecule has 1 saturated heterocycles. The van der Waals surface area contributed by atoms with Crippen LogP contribution in [0.3, 0.4) is 0 Å². The summed E-state index contributed by atoms with van der Waals surface area (Å²) < 4.78 is 0. The van der Waals surface area contributed by atoms with Crippen molar-refractivity contribution < 1.29 is 15.0 Å². The number of para-hydroxylation sites is 1. The summed E-state index contributed by atoms with van der Waals surface area (Å²) in [5.41, 5.74) is 2.15. The molecule has 2 aromatic carbocycles. The van der Waals surface area contributed by atoms with E-state index in [9.17, 15) is 15.0 Å². The van der Waals surface area contributed by atoms with Gasteiger partial charge in [-0.05, 0) is 55.6 Å². The zero-order valence-corrected chi connectivity index (χ0v) is 17.1. The summed E-state index contributed by atoms with van der Waals surface area (Å²) in [6.07, 6.45) is 1.95. The summed E-state index contributed by atoms with van der Waals surface area (Å²) in [7, 11) is 1.52. The topological polar surface area (TPSA) is 76.0 Å². The van der Waals surface area contributed by atoms with Crippen LogP contribution in [0, 0.1) is 0 Å². The van der Waals surface area contributed by atoms with Gasteiger partial charge >= 0.3 is 0 Å². The number of hydrogen-bond acceptors (Lipinski definition) is 5. The van der Waals surface area contributed by atoms with Crippen molar-refractivity contribution in [1.82, 2.24) is 10.2 Å². The number of phenolic OH excluding ortho intramolecular Hbond substituents is 1. The smallest absolute Gasteiger partial charge is 0.254 e. The third-order valence-electron chi connectivity index (χ3n) is 5.57. The van der Waals surface area contributed by atoms with Crippen molar-refractivity contribution in [2.45, 2.75) is 25.4 Å². The molecule has 0 aliphatic carbocycles. The molecule has 1 unspecified atom stereocenters. The Morgan fingerprint density at radius 2 is 1.79 bits per heavy atom. The predicted molar refractivity (Wildman–Crippen MR) is 115 cm³/mol. The molecule has 156 valence electrons. The molecule has 6 nitrogen and oxygen atoms in total. The molecule has 1 aliphatic rings. The van der Waals surface area contributed by atoms with Crippen LogP contribution in [0.5, 0.6) is 5.75 Å². The van der Waals surface area contributed by atoms with Crippen molar-refractivity contribution >= 4 is 11.6 Å². The van der Waals surface area contributed by atoms with Crippen LogP contribution in [0.25, 0.3) is 0 Å². The van der Waals surface area contributed by atoms with Crippen molar-refractivity contribution in [3.8, 4) is 5.75 Å². The molecule has 29 heavy (non-hydrogen) atoms. The number of aliphatic hydroxyl groups excluding tert-OH is 1. The molecule has 3 rings (SSSR count). The van der Waals surface area contributed by atoms with Gasteiger partial charge in [-0.25, -0.2) is 0 Å². The van der Waals surface area contributed by atoms with E-state index in [0.717, 1.165) is 45.6 Å². The first kappa shape index (κ1) is 21.1. The lowest BCUT2D eigenvalue weighted by Gasteiger charge is -2.36. The predicted octanol–water partition coefficient (Wildman–Crippen LogP) is 2.78. The number of carbonyl (C=O) groups excluding carboxylic acids is 1. The van der Waals surface area contributed by atoms with Crippen LogP contribution in [0.2, 0.25) is 0 Å². The van der Waals surface area contributed by atoms with Gasteiger partial charge < -0.3 is 20.4 Å². The zero-order chi connectivity index (χ0) is 20.6. The molecule has 2 aromatic rings. The van der Waals surface area contributed by atoms with Crippen LogP contribution < -0.4 is 10.2 Å². The summed E-state index contributed by atoms with van der Waals surface area (Å²) in [5.74, 6) is -0.429. The summed E-state index contributed by atoms with van der Waals surface area (Å²) in [4.78, 5) is 16.7. The van der Waals surface area contributed by atoms with Crippen LogP contribution >= 0.6 is 0 Å². The van der Waals surface area contributed by atoms with E-state index < -0.39 is 6.10 Å². The van der Waals surface area contributed by atoms with E-state index in [0.29, 0.717) is 12.0 Å². The summed E-state index contributed by atoms with van der Waals surface area (Å²) in [6.45, 7) is 5.25. The summed E-state index contributed by atoms with van der Waals surface area (Å²) >= 11 is 0. The molecular formula is C23H31N3O3. The van der Waals surface area contributed by atoms with Gasteiger partial charge in [-0.15, -0.1) is 0 Å². The average Bonchev–Trinajstić information content (AvgIpc) is 2.77. The molecule has 0 spiro atoms. The van der Waals surface area contributed by atoms with E-state index in [-0.39, 0.29) is 17.2 Å². The second-order valence-corrected chi connectivity index (χ2v) is 7.53. The molecule has 0 saturated carbocycles. The fourth-order valence-corrected chi connectivity index (χ4v) is 3.79. The lowest BCUT2D eigenvalue weighted by atomic mass is 10.0. The third-order valence-corrected chi connectivity index (χ3v) is 5.57. The highest BCUT2D eigenvalue weighted by Gasteiger charge is 2.17. The maximum absolute atomic E-state index is 11.8. The molecule has 6 heteroatoms. The van der Waals surface area contributed by atoms with Gasteiger partial charge in [0.25, 0.3) is 5.91 Å². The number of piperazine rings is 1. The highest BCUT2D eigenvalue weighted by molar-refractivity contribution is 5.96. The van der Waals surface area contributed by atoms with E-state index in [4.69, 9.17) is 0 Å². The standard InChI is InChI=1S/C23H31N3O3/c1-24-23(29)20-17-18(10-11-22(20)28)21(27)9-5-6-12-25-13-15-26(16-14-25)19-7-3-2-4-8-19/h2-4,7-8,10-11,17,21,27-28H,5-6,9,12-16H2,1H3,(H,24,29). The highest BCUT2D eigenvalue weighted by atomic mass is 16.3. The van der Waals surface area contributed by atoms with Crippen molar-refractivity contribution in [2.24, 2.45) is 0 Å². The number of nitrogens with one attached hydrogen (secondary N) is 1. The Morgan fingerprint density at radius 3 is 2.48 bits per heavy atom.